The number of halogens is 1. The lowest BCUT2D eigenvalue weighted by Gasteiger charge is -2.26. The Morgan fingerprint density at radius 1 is 1.43 bits per heavy atom. The predicted molar refractivity (Wildman–Crippen MR) is 68.3 cm³/mol. The molecule has 3 heteroatoms. The highest BCUT2D eigenvalue weighted by Gasteiger charge is 2.21. The summed E-state index contributed by atoms with van der Waals surface area (Å²) in [5.41, 5.74) is 1.31. The van der Waals surface area contributed by atoms with E-state index < -0.39 is 0 Å². The van der Waals surface area contributed by atoms with Crippen LogP contribution in [0, 0.1) is 0 Å². The molecule has 1 aliphatic rings. The summed E-state index contributed by atoms with van der Waals surface area (Å²) in [6.07, 6.45) is 1.31. The lowest BCUT2D eigenvalue weighted by Crippen LogP contribution is -2.31. The second-order valence-electron chi connectivity index (χ2n) is 3.58. The van der Waals surface area contributed by atoms with Crippen molar-refractivity contribution in [3.8, 4) is 0 Å². The van der Waals surface area contributed by atoms with E-state index in [1.165, 1.54) is 28.1 Å². The van der Waals surface area contributed by atoms with Crippen LogP contribution in [0.1, 0.15) is 6.42 Å². The van der Waals surface area contributed by atoms with Gasteiger partial charge in [-0.05, 0) is 40.2 Å². The highest BCUT2D eigenvalue weighted by molar-refractivity contribution is 9.10. The minimum atomic E-state index is 0.707. The molecule has 0 spiro atoms. The molecular formula is C11H14BrNS. The van der Waals surface area contributed by atoms with Crippen molar-refractivity contribution in [2.75, 3.05) is 23.5 Å². The van der Waals surface area contributed by atoms with Crippen LogP contribution in [0.5, 0.6) is 0 Å². The largest absolute Gasteiger partial charge is 0.370 e. The molecule has 1 unspecified atom stereocenters. The molecule has 1 saturated heterocycles. The molecule has 0 amide bonds. The van der Waals surface area contributed by atoms with Gasteiger partial charge < -0.3 is 4.90 Å². The maximum atomic E-state index is 3.60. The van der Waals surface area contributed by atoms with Crippen molar-refractivity contribution >= 4 is 33.4 Å². The molecule has 76 valence electrons. The Balaban J connectivity index is 2.17. The molecule has 2 rings (SSSR count). The molecule has 1 atom stereocenters. The summed E-state index contributed by atoms with van der Waals surface area (Å²) >= 11 is 5.65. The third-order valence-electron chi connectivity index (χ3n) is 2.69. The molecule has 0 N–H and O–H groups in total. The van der Waals surface area contributed by atoms with Crippen LogP contribution >= 0.6 is 27.7 Å². The average Bonchev–Trinajstić information content (AvgIpc) is 2.70. The van der Waals surface area contributed by atoms with Crippen LogP contribution in [0.2, 0.25) is 0 Å². The van der Waals surface area contributed by atoms with Crippen LogP contribution < -0.4 is 4.90 Å². The molecule has 1 aromatic rings. The number of anilines is 1. The van der Waals surface area contributed by atoms with E-state index in [9.17, 15) is 0 Å². The maximum Gasteiger partial charge on any atom is 0.0510 e. The van der Waals surface area contributed by atoms with E-state index in [1.807, 2.05) is 0 Å². The van der Waals surface area contributed by atoms with Gasteiger partial charge in [-0.2, -0.15) is 11.8 Å². The highest BCUT2D eigenvalue weighted by Crippen LogP contribution is 2.30. The van der Waals surface area contributed by atoms with Crippen LogP contribution in [0.15, 0.2) is 28.7 Å². The summed E-state index contributed by atoms with van der Waals surface area (Å²) in [5, 5.41) is 0. The zero-order valence-corrected chi connectivity index (χ0v) is 10.6. The van der Waals surface area contributed by atoms with Crippen molar-refractivity contribution in [3.63, 3.8) is 0 Å². The quantitative estimate of drug-likeness (QED) is 0.812. The van der Waals surface area contributed by atoms with Gasteiger partial charge in [0, 0.05) is 23.3 Å². The van der Waals surface area contributed by atoms with Crippen LogP contribution in [0.25, 0.3) is 0 Å². The van der Waals surface area contributed by atoms with E-state index in [-0.39, 0.29) is 0 Å². The lowest BCUT2D eigenvalue weighted by atomic mass is 10.2. The van der Waals surface area contributed by atoms with E-state index in [2.05, 4.69) is 63.9 Å². The van der Waals surface area contributed by atoms with E-state index in [0.29, 0.717) is 6.04 Å². The Labute approximate surface area is 98.0 Å². The minimum Gasteiger partial charge on any atom is -0.370 e. The number of rotatable bonds is 2. The van der Waals surface area contributed by atoms with Gasteiger partial charge in [0.05, 0.1) is 5.69 Å². The van der Waals surface area contributed by atoms with Gasteiger partial charge in [-0.15, -0.1) is 0 Å². The van der Waals surface area contributed by atoms with E-state index in [1.54, 1.807) is 0 Å². The van der Waals surface area contributed by atoms with Crippen molar-refractivity contribution in [2.24, 2.45) is 0 Å². The number of para-hydroxylation sites is 1. The summed E-state index contributed by atoms with van der Waals surface area (Å²) < 4.78 is 1.19. The number of benzene rings is 1. The fourth-order valence-corrected chi connectivity index (χ4v) is 3.59. The Morgan fingerprint density at radius 2 is 2.21 bits per heavy atom. The van der Waals surface area contributed by atoms with Crippen molar-refractivity contribution in [2.45, 2.75) is 12.5 Å². The molecule has 1 fully saturated rings. The molecular weight excluding hydrogens is 258 g/mol. The third kappa shape index (κ3) is 2.09. The van der Waals surface area contributed by atoms with E-state index in [0.717, 1.165) is 0 Å². The first kappa shape index (κ1) is 10.4. The molecule has 0 bridgehead atoms. The topological polar surface area (TPSA) is 3.24 Å². The van der Waals surface area contributed by atoms with Gasteiger partial charge in [0.1, 0.15) is 0 Å². The first-order valence-electron chi connectivity index (χ1n) is 4.84. The number of hydrogen-bond donors (Lipinski definition) is 0. The molecule has 1 heterocycles. The molecule has 1 aromatic carbocycles. The molecule has 1 nitrogen and oxygen atoms in total. The Morgan fingerprint density at radius 3 is 2.86 bits per heavy atom. The molecule has 1 aliphatic heterocycles. The molecule has 0 saturated carbocycles. The van der Waals surface area contributed by atoms with Crippen molar-refractivity contribution in [1.29, 1.82) is 0 Å². The fraction of sp³-hybridized carbons (Fsp3) is 0.455. The van der Waals surface area contributed by atoms with Gasteiger partial charge in [0.25, 0.3) is 0 Å². The zero-order chi connectivity index (χ0) is 9.97. The average molecular weight is 272 g/mol. The van der Waals surface area contributed by atoms with Crippen molar-refractivity contribution < 1.29 is 0 Å². The summed E-state index contributed by atoms with van der Waals surface area (Å²) in [6, 6.07) is 9.14. The van der Waals surface area contributed by atoms with Gasteiger partial charge in [0.15, 0.2) is 0 Å². The Hall–Kier alpha value is -0.150. The second kappa shape index (κ2) is 4.58. The van der Waals surface area contributed by atoms with E-state index >= 15 is 0 Å². The predicted octanol–water partition coefficient (Wildman–Crippen LogP) is 3.39. The number of thioether (sulfide) groups is 1. The summed E-state index contributed by atoms with van der Waals surface area (Å²) in [4.78, 5) is 2.39. The van der Waals surface area contributed by atoms with Crippen LogP contribution in [-0.4, -0.2) is 24.6 Å². The Bertz CT molecular complexity index is 310. The highest BCUT2D eigenvalue weighted by atomic mass is 79.9. The smallest absolute Gasteiger partial charge is 0.0510 e. The summed E-state index contributed by atoms with van der Waals surface area (Å²) in [7, 11) is 2.19. The maximum absolute atomic E-state index is 3.60. The number of hydrogen-bond acceptors (Lipinski definition) is 2. The molecule has 14 heavy (non-hydrogen) atoms. The SMILES string of the molecule is CN(c1ccccc1Br)C1CCSC1. The first-order chi connectivity index (χ1) is 6.79. The number of nitrogens with zero attached hydrogens (tertiary/aromatic N) is 1. The van der Waals surface area contributed by atoms with E-state index in [4.69, 9.17) is 0 Å². The normalized spacial score (nSPS) is 21.1. The van der Waals surface area contributed by atoms with Gasteiger partial charge in [-0.25, -0.2) is 0 Å². The van der Waals surface area contributed by atoms with Gasteiger partial charge in [-0.3, -0.25) is 0 Å². The second-order valence-corrected chi connectivity index (χ2v) is 5.58. The lowest BCUT2D eigenvalue weighted by molar-refractivity contribution is 0.699. The zero-order valence-electron chi connectivity index (χ0n) is 8.24. The fourth-order valence-electron chi connectivity index (χ4n) is 1.76. The minimum absolute atomic E-state index is 0.707. The van der Waals surface area contributed by atoms with Crippen molar-refractivity contribution in [1.82, 2.24) is 0 Å². The van der Waals surface area contributed by atoms with Gasteiger partial charge in [0.2, 0.25) is 0 Å². The van der Waals surface area contributed by atoms with Crippen LogP contribution in [0.3, 0.4) is 0 Å². The monoisotopic (exact) mass is 271 g/mol. The summed E-state index contributed by atoms with van der Waals surface area (Å²) in [5.74, 6) is 2.57. The van der Waals surface area contributed by atoms with Crippen LogP contribution in [-0.2, 0) is 0 Å². The Kier molecular flexibility index (Phi) is 3.39. The van der Waals surface area contributed by atoms with Gasteiger partial charge in [-0.1, -0.05) is 12.1 Å². The third-order valence-corrected chi connectivity index (χ3v) is 4.50. The first-order valence-corrected chi connectivity index (χ1v) is 6.79. The molecule has 0 radical (unpaired) electrons. The van der Waals surface area contributed by atoms with Crippen LogP contribution in [0.4, 0.5) is 5.69 Å². The molecule has 0 aliphatic carbocycles. The molecule has 0 aromatic heterocycles. The standard InChI is InChI=1S/C11H14BrNS/c1-13(9-6-7-14-8-9)11-5-3-2-4-10(11)12/h2-5,9H,6-8H2,1H3. The van der Waals surface area contributed by atoms with Crippen molar-refractivity contribution in [3.05, 3.63) is 28.7 Å². The summed E-state index contributed by atoms with van der Waals surface area (Å²) in [6.45, 7) is 0. The van der Waals surface area contributed by atoms with Gasteiger partial charge >= 0.3 is 0 Å².